The van der Waals surface area contributed by atoms with Gasteiger partial charge in [-0.1, -0.05) is 0 Å². The number of anilines is 1. The van der Waals surface area contributed by atoms with Crippen LogP contribution in [-0.4, -0.2) is 41.5 Å². The van der Waals surface area contributed by atoms with Crippen molar-refractivity contribution in [2.75, 3.05) is 26.1 Å². The lowest BCUT2D eigenvalue weighted by Gasteiger charge is -2.18. The van der Waals surface area contributed by atoms with Crippen LogP contribution in [0.15, 0.2) is 12.1 Å². The standard InChI is InChI=1S/C11H11F3N4O6/c1-16(5-9(19)24-2)15-10-7(17(20)21)3-6(11(12,13)14)4-8(10)18(22)23/h3-4,15H,5H2,1-2H3. The van der Waals surface area contributed by atoms with Crippen molar-refractivity contribution in [1.82, 2.24) is 5.01 Å². The van der Waals surface area contributed by atoms with Crippen LogP contribution in [0.25, 0.3) is 0 Å². The number of carbonyl (C=O) groups excluding carboxylic acids is 1. The van der Waals surface area contributed by atoms with Gasteiger partial charge in [0.05, 0.1) is 22.5 Å². The number of benzene rings is 1. The number of nitrogens with one attached hydrogen (secondary N) is 1. The number of hydrazine groups is 1. The number of nitrogens with zero attached hydrogens (tertiary/aromatic N) is 3. The summed E-state index contributed by atoms with van der Waals surface area (Å²) in [5.41, 5.74) is -2.48. The fraction of sp³-hybridized carbons (Fsp3) is 0.364. The zero-order valence-corrected chi connectivity index (χ0v) is 12.3. The third-order valence-corrected chi connectivity index (χ3v) is 2.71. The summed E-state index contributed by atoms with van der Waals surface area (Å²) in [4.78, 5) is 30.7. The Morgan fingerprint density at radius 1 is 1.25 bits per heavy atom. The molecule has 0 amide bonds. The number of alkyl halides is 3. The molecular formula is C11H11F3N4O6. The van der Waals surface area contributed by atoms with E-state index in [0.29, 0.717) is 0 Å². The van der Waals surface area contributed by atoms with Crippen molar-refractivity contribution >= 4 is 23.0 Å². The van der Waals surface area contributed by atoms with Crippen LogP contribution in [0, 0.1) is 20.2 Å². The Morgan fingerprint density at radius 2 is 1.71 bits per heavy atom. The molecule has 132 valence electrons. The second-order valence-corrected chi connectivity index (χ2v) is 4.45. The summed E-state index contributed by atoms with van der Waals surface area (Å²) in [7, 11) is 2.27. The maximum absolute atomic E-state index is 12.7. The molecule has 0 aliphatic heterocycles. The molecular weight excluding hydrogens is 341 g/mol. The highest BCUT2D eigenvalue weighted by Crippen LogP contribution is 2.41. The van der Waals surface area contributed by atoms with Crippen LogP contribution in [0.4, 0.5) is 30.2 Å². The molecule has 0 aliphatic carbocycles. The molecule has 0 aromatic heterocycles. The van der Waals surface area contributed by atoms with Gasteiger partial charge in [-0.2, -0.15) is 13.2 Å². The lowest BCUT2D eigenvalue weighted by atomic mass is 10.1. The third-order valence-electron chi connectivity index (χ3n) is 2.71. The predicted octanol–water partition coefficient (Wildman–Crippen LogP) is 1.95. The number of methoxy groups -OCH3 is 1. The van der Waals surface area contributed by atoms with Crippen LogP contribution in [0.1, 0.15) is 5.56 Å². The second kappa shape index (κ2) is 7.08. The molecule has 0 aliphatic rings. The fourth-order valence-corrected chi connectivity index (χ4v) is 1.67. The molecule has 1 aromatic carbocycles. The number of hydrogen-bond acceptors (Lipinski definition) is 8. The van der Waals surface area contributed by atoms with Gasteiger partial charge in [0.1, 0.15) is 6.54 Å². The summed E-state index contributed by atoms with van der Waals surface area (Å²) < 4.78 is 42.6. The zero-order valence-electron chi connectivity index (χ0n) is 12.3. The Balaban J connectivity index is 3.43. The molecule has 10 nitrogen and oxygen atoms in total. The molecule has 0 fully saturated rings. The van der Waals surface area contributed by atoms with E-state index in [1.807, 2.05) is 0 Å². The number of likely N-dealkylation sites (N-methyl/N-ethyl adjacent to an activating group) is 1. The summed E-state index contributed by atoms with van der Waals surface area (Å²) in [6.07, 6.45) is -5.01. The van der Waals surface area contributed by atoms with Gasteiger partial charge in [0.15, 0.2) is 0 Å². The molecule has 13 heteroatoms. The van der Waals surface area contributed by atoms with Crippen LogP contribution >= 0.6 is 0 Å². The Bertz CT molecular complexity index is 643. The molecule has 0 saturated carbocycles. The van der Waals surface area contributed by atoms with E-state index in [0.717, 1.165) is 12.1 Å². The van der Waals surface area contributed by atoms with Gasteiger partial charge in [-0.05, 0) is 0 Å². The number of halogens is 3. The van der Waals surface area contributed by atoms with Crippen LogP contribution in [0.3, 0.4) is 0 Å². The van der Waals surface area contributed by atoms with E-state index in [1.54, 1.807) is 0 Å². The molecule has 0 spiro atoms. The van der Waals surface area contributed by atoms with Gasteiger partial charge in [-0.3, -0.25) is 25.0 Å². The molecule has 24 heavy (non-hydrogen) atoms. The molecule has 0 heterocycles. The summed E-state index contributed by atoms with van der Waals surface area (Å²) >= 11 is 0. The Labute approximate surface area is 132 Å². The molecule has 0 atom stereocenters. The normalized spacial score (nSPS) is 11.2. The Kier molecular flexibility index (Phi) is 5.63. The van der Waals surface area contributed by atoms with E-state index in [4.69, 9.17) is 0 Å². The zero-order chi connectivity index (χ0) is 18.7. The maximum Gasteiger partial charge on any atom is 0.416 e. The van der Waals surface area contributed by atoms with Crippen molar-refractivity contribution in [3.63, 3.8) is 0 Å². The van der Waals surface area contributed by atoms with E-state index in [-0.39, 0.29) is 12.1 Å². The summed E-state index contributed by atoms with van der Waals surface area (Å²) in [6, 6.07) is 0.336. The lowest BCUT2D eigenvalue weighted by molar-refractivity contribution is -0.392. The van der Waals surface area contributed by atoms with E-state index >= 15 is 0 Å². The molecule has 1 rings (SSSR count). The fourth-order valence-electron chi connectivity index (χ4n) is 1.67. The van der Waals surface area contributed by atoms with Gasteiger partial charge in [0.2, 0.25) is 5.69 Å². The highest BCUT2D eigenvalue weighted by molar-refractivity contribution is 5.76. The number of carbonyl (C=O) groups is 1. The van der Waals surface area contributed by atoms with Gasteiger partial charge in [-0.15, -0.1) is 0 Å². The quantitative estimate of drug-likeness (QED) is 0.467. The molecule has 0 saturated heterocycles. The maximum atomic E-state index is 12.7. The van der Waals surface area contributed by atoms with Crippen LogP contribution in [0.5, 0.6) is 0 Å². The third kappa shape index (κ3) is 4.52. The first-order valence-corrected chi connectivity index (χ1v) is 6.06. The minimum Gasteiger partial charge on any atom is -0.468 e. The first-order valence-electron chi connectivity index (χ1n) is 6.06. The first-order chi connectivity index (χ1) is 11.0. The highest BCUT2D eigenvalue weighted by Gasteiger charge is 2.38. The van der Waals surface area contributed by atoms with E-state index in [9.17, 15) is 38.2 Å². The topological polar surface area (TPSA) is 128 Å². The molecule has 0 radical (unpaired) electrons. The van der Waals surface area contributed by atoms with Gasteiger partial charge < -0.3 is 10.2 Å². The Morgan fingerprint density at radius 3 is 2.04 bits per heavy atom. The summed E-state index contributed by atoms with van der Waals surface area (Å²) in [6.45, 7) is -0.466. The van der Waals surface area contributed by atoms with Crippen molar-refractivity contribution in [2.45, 2.75) is 6.18 Å². The molecule has 1 aromatic rings. The second-order valence-electron chi connectivity index (χ2n) is 4.45. The average Bonchev–Trinajstić information content (AvgIpc) is 2.45. The van der Waals surface area contributed by atoms with Crippen LogP contribution in [0.2, 0.25) is 0 Å². The SMILES string of the molecule is COC(=O)CN(C)Nc1c([N+](=O)[O-])cc(C(F)(F)F)cc1[N+](=O)[O-]. The number of rotatable bonds is 6. The summed E-state index contributed by atoms with van der Waals surface area (Å²) in [5.74, 6) is -0.776. The number of esters is 1. The van der Waals surface area contributed by atoms with Crippen molar-refractivity contribution < 1.29 is 32.5 Å². The summed E-state index contributed by atoms with van der Waals surface area (Å²) in [5, 5.41) is 22.9. The van der Waals surface area contributed by atoms with Crippen molar-refractivity contribution in [2.24, 2.45) is 0 Å². The van der Waals surface area contributed by atoms with Crippen molar-refractivity contribution in [3.05, 3.63) is 37.9 Å². The Hall–Kier alpha value is -2.96. The molecule has 0 bridgehead atoms. The smallest absolute Gasteiger partial charge is 0.416 e. The molecule has 1 N–H and O–H groups in total. The lowest BCUT2D eigenvalue weighted by Crippen LogP contribution is -2.32. The van der Waals surface area contributed by atoms with Gasteiger partial charge in [0.25, 0.3) is 0 Å². The minimum absolute atomic E-state index is 0.168. The number of nitro benzene ring substituents is 2. The van der Waals surface area contributed by atoms with E-state index in [1.165, 1.54) is 7.05 Å². The van der Waals surface area contributed by atoms with Crippen LogP contribution in [-0.2, 0) is 15.7 Å². The van der Waals surface area contributed by atoms with Gasteiger partial charge in [0, 0.05) is 19.2 Å². The van der Waals surface area contributed by atoms with Crippen molar-refractivity contribution in [3.8, 4) is 0 Å². The minimum atomic E-state index is -5.01. The largest absolute Gasteiger partial charge is 0.468 e. The van der Waals surface area contributed by atoms with Crippen molar-refractivity contribution in [1.29, 1.82) is 0 Å². The van der Waals surface area contributed by atoms with Gasteiger partial charge >= 0.3 is 23.5 Å². The molecule has 0 unspecified atom stereocenters. The number of nitro groups is 2. The van der Waals surface area contributed by atoms with Crippen LogP contribution < -0.4 is 5.43 Å². The first kappa shape index (κ1) is 19.1. The highest BCUT2D eigenvalue weighted by atomic mass is 19.4. The predicted molar refractivity (Wildman–Crippen MR) is 73.0 cm³/mol. The average molecular weight is 352 g/mol. The van der Waals surface area contributed by atoms with Gasteiger partial charge in [-0.25, -0.2) is 5.01 Å². The number of hydrogen-bond donors (Lipinski definition) is 1. The monoisotopic (exact) mass is 352 g/mol. The van der Waals surface area contributed by atoms with E-state index in [2.05, 4.69) is 10.2 Å². The van der Waals surface area contributed by atoms with E-state index < -0.39 is 51.2 Å². The number of ether oxygens (including phenoxy) is 1.